The molecule has 0 fully saturated rings. The van der Waals surface area contributed by atoms with Crippen molar-refractivity contribution < 1.29 is 14.3 Å². The number of ether oxygens (including phenoxy) is 1. The summed E-state index contributed by atoms with van der Waals surface area (Å²) >= 11 is 11.9. The van der Waals surface area contributed by atoms with Gasteiger partial charge in [-0.25, -0.2) is 4.79 Å². The highest BCUT2D eigenvalue weighted by atomic mass is 35.5. The summed E-state index contributed by atoms with van der Waals surface area (Å²) in [6, 6.07) is 11.8. The molecule has 0 saturated heterocycles. The molecule has 4 nitrogen and oxygen atoms in total. The van der Waals surface area contributed by atoms with Crippen LogP contribution in [-0.2, 0) is 16.0 Å². The van der Waals surface area contributed by atoms with Gasteiger partial charge < -0.3 is 10.1 Å². The molecule has 0 aliphatic carbocycles. The summed E-state index contributed by atoms with van der Waals surface area (Å²) in [5.41, 5.74) is 1.88. The molecule has 0 heterocycles. The normalized spacial score (nSPS) is 11.7. The molecule has 6 heteroatoms. The number of rotatable bonds is 5. The van der Waals surface area contributed by atoms with Gasteiger partial charge >= 0.3 is 5.97 Å². The first kappa shape index (κ1) is 18.3. The highest BCUT2D eigenvalue weighted by Crippen LogP contribution is 2.25. The topological polar surface area (TPSA) is 55.4 Å². The number of carbonyl (C=O) groups excluding carboxylic acids is 2. The Labute approximate surface area is 150 Å². The summed E-state index contributed by atoms with van der Waals surface area (Å²) in [6.45, 7) is 3.52. The van der Waals surface area contributed by atoms with E-state index >= 15 is 0 Å². The second-order valence-corrected chi connectivity index (χ2v) is 6.06. The maximum atomic E-state index is 12.2. The third-order valence-corrected chi connectivity index (χ3v) is 4.00. The molecule has 2 aromatic carbocycles. The fourth-order valence-electron chi connectivity index (χ4n) is 1.99. The second-order valence-electron chi connectivity index (χ2n) is 5.21. The first-order valence-corrected chi connectivity index (χ1v) is 8.22. The van der Waals surface area contributed by atoms with Gasteiger partial charge in [-0.05, 0) is 49.2 Å². The molecule has 0 radical (unpaired) electrons. The van der Waals surface area contributed by atoms with Crippen LogP contribution in [-0.4, -0.2) is 18.0 Å². The zero-order valence-corrected chi connectivity index (χ0v) is 14.8. The lowest BCUT2D eigenvalue weighted by Crippen LogP contribution is -2.30. The van der Waals surface area contributed by atoms with Gasteiger partial charge in [0, 0.05) is 5.02 Å². The standard InChI is InChI=1S/C18H17Cl2NO3/c1-3-12-4-6-13(7-5-12)18(23)24-11(2)17(22)21-16-10-14(19)8-9-15(16)20/h4-11H,3H2,1-2H3,(H,21,22). The lowest BCUT2D eigenvalue weighted by molar-refractivity contribution is -0.123. The number of esters is 1. The fraction of sp³-hybridized carbons (Fsp3) is 0.222. The average molecular weight is 366 g/mol. The molecule has 126 valence electrons. The van der Waals surface area contributed by atoms with Gasteiger partial charge in [-0.15, -0.1) is 0 Å². The van der Waals surface area contributed by atoms with Crippen LogP contribution in [0.1, 0.15) is 29.8 Å². The predicted molar refractivity (Wildman–Crippen MR) is 95.8 cm³/mol. The summed E-state index contributed by atoms with van der Waals surface area (Å²) in [6.07, 6.45) is -0.0902. The number of nitrogens with one attached hydrogen (secondary N) is 1. The molecule has 0 saturated carbocycles. The lowest BCUT2D eigenvalue weighted by Gasteiger charge is -2.14. The molecule has 0 aromatic heterocycles. The Hall–Kier alpha value is -2.04. The van der Waals surface area contributed by atoms with E-state index in [9.17, 15) is 9.59 Å². The van der Waals surface area contributed by atoms with Crippen LogP contribution in [0.5, 0.6) is 0 Å². The van der Waals surface area contributed by atoms with Gasteiger partial charge in [-0.3, -0.25) is 4.79 Å². The summed E-state index contributed by atoms with van der Waals surface area (Å²) in [4.78, 5) is 24.2. The van der Waals surface area contributed by atoms with Crippen LogP contribution in [0.4, 0.5) is 5.69 Å². The Morgan fingerprint density at radius 1 is 1.12 bits per heavy atom. The quantitative estimate of drug-likeness (QED) is 0.778. The van der Waals surface area contributed by atoms with E-state index < -0.39 is 18.0 Å². The lowest BCUT2D eigenvalue weighted by atomic mass is 10.1. The molecule has 0 spiro atoms. The maximum absolute atomic E-state index is 12.2. The summed E-state index contributed by atoms with van der Waals surface area (Å²) in [7, 11) is 0. The van der Waals surface area contributed by atoms with Crippen molar-refractivity contribution in [2.75, 3.05) is 5.32 Å². The minimum absolute atomic E-state index is 0.349. The van der Waals surface area contributed by atoms with Gasteiger partial charge in [0.25, 0.3) is 5.91 Å². The minimum atomic E-state index is -0.974. The highest BCUT2D eigenvalue weighted by molar-refractivity contribution is 6.35. The molecule has 0 bridgehead atoms. The van der Waals surface area contributed by atoms with E-state index in [1.165, 1.54) is 13.0 Å². The zero-order valence-electron chi connectivity index (χ0n) is 13.3. The molecule has 0 aliphatic rings. The van der Waals surface area contributed by atoms with Crippen molar-refractivity contribution in [3.05, 3.63) is 63.6 Å². The number of aryl methyl sites for hydroxylation is 1. The van der Waals surface area contributed by atoms with Crippen LogP contribution >= 0.6 is 23.2 Å². The van der Waals surface area contributed by atoms with Gasteiger partial charge in [0.2, 0.25) is 0 Å². The molecule has 1 N–H and O–H groups in total. The van der Waals surface area contributed by atoms with Crippen LogP contribution in [0.25, 0.3) is 0 Å². The Bertz CT molecular complexity index is 744. The smallest absolute Gasteiger partial charge is 0.338 e. The van der Waals surface area contributed by atoms with E-state index in [1.807, 2.05) is 19.1 Å². The number of benzene rings is 2. The molecule has 1 amide bonds. The van der Waals surface area contributed by atoms with Crippen LogP contribution in [0.2, 0.25) is 10.0 Å². The molecule has 1 atom stereocenters. The summed E-state index contributed by atoms with van der Waals surface area (Å²) < 4.78 is 5.19. The molecular formula is C18H17Cl2NO3. The van der Waals surface area contributed by atoms with E-state index in [1.54, 1.807) is 24.3 Å². The zero-order chi connectivity index (χ0) is 17.7. The molecule has 24 heavy (non-hydrogen) atoms. The molecule has 0 aliphatic heterocycles. The van der Waals surface area contributed by atoms with Crippen molar-refractivity contribution in [3.8, 4) is 0 Å². The highest BCUT2D eigenvalue weighted by Gasteiger charge is 2.20. The van der Waals surface area contributed by atoms with Crippen molar-refractivity contribution in [1.29, 1.82) is 0 Å². The van der Waals surface area contributed by atoms with Crippen LogP contribution in [0, 0.1) is 0 Å². The second kappa shape index (κ2) is 8.18. The number of halogens is 2. The van der Waals surface area contributed by atoms with E-state index in [0.717, 1.165) is 12.0 Å². The first-order chi connectivity index (χ1) is 11.4. The number of carbonyl (C=O) groups is 2. The Balaban J connectivity index is 1.99. The minimum Gasteiger partial charge on any atom is -0.449 e. The first-order valence-electron chi connectivity index (χ1n) is 7.46. The fourth-order valence-corrected chi connectivity index (χ4v) is 2.32. The van der Waals surface area contributed by atoms with E-state index in [2.05, 4.69) is 5.32 Å². The predicted octanol–water partition coefficient (Wildman–Crippen LogP) is 4.74. The van der Waals surface area contributed by atoms with Crippen molar-refractivity contribution in [2.45, 2.75) is 26.4 Å². The van der Waals surface area contributed by atoms with E-state index in [0.29, 0.717) is 21.3 Å². The molecule has 2 rings (SSSR count). The van der Waals surface area contributed by atoms with Gasteiger partial charge in [-0.1, -0.05) is 42.3 Å². The molecular weight excluding hydrogens is 349 g/mol. The van der Waals surface area contributed by atoms with Crippen LogP contribution in [0.3, 0.4) is 0 Å². The van der Waals surface area contributed by atoms with E-state index in [-0.39, 0.29) is 0 Å². The number of hydrogen-bond acceptors (Lipinski definition) is 3. The Morgan fingerprint density at radius 2 is 1.79 bits per heavy atom. The van der Waals surface area contributed by atoms with Crippen LogP contribution in [0.15, 0.2) is 42.5 Å². The van der Waals surface area contributed by atoms with Gasteiger partial charge in [0.05, 0.1) is 16.3 Å². The van der Waals surface area contributed by atoms with Crippen LogP contribution < -0.4 is 5.32 Å². The monoisotopic (exact) mass is 365 g/mol. The maximum Gasteiger partial charge on any atom is 0.338 e. The number of anilines is 1. The molecule has 1 unspecified atom stereocenters. The van der Waals surface area contributed by atoms with Gasteiger partial charge in [0.1, 0.15) is 0 Å². The Morgan fingerprint density at radius 3 is 2.42 bits per heavy atom. The van der Waals surface area contributed by atoms with Crippen molar-refractivity contribution in [1.82, 2.24) is 0 Å². The van der Waals surface area contributed by atoms with Crippen molar-refractivity contribution >= 4 is 40.8 Å². The third kappa shape index (κ3) is 4.73. The van der Waals surface area contributed by atoms with Gasteiger partial charge in [0.15, 0.2) is 6.10 Å². The number of amides is 1. The van der Waals surface area contributed by atoms with Gasteiger partial charge in [-0.2, -0.15) is 0 Å². The summed E-state index contributed by atoms with van der Waals surface area (Å²) in [5, 5.41) is 3.38. The third-order valence-electron chi connectivity index (χ3n) is 3.44. The number of hydrogen-bond donors (Lipinski definition) is 1. The van der Waals surface area contributed by atoms with Crippen molar-refractivity contribution in [2.24, 2.45) is 0 Å². The largest absolute Gasteiger partial charge is 0.449 e. The van der Waals surface area contributed by atoms with Crippen molar-refractivity contribution in [3.63, 3.8) is 0 Å². The SMILES string of the molecule is CCc1ccc(C(=O)OC(C)C(=O)Nc2cc(Cl)ccc2Cl)cc1. The Kier molecular flexibility index (Phi) is 6.23. The average Bonchev–Trinajstić information content (AvgIpc) is 2.58. The summed E-state index contributed by atoms with van der Waals surface area (Å²) in [5.74, 6) is -1.05. The molecule has 2 aromatic rings. The van der Waals surface area contributed by atoms with E-state index in [4.69, 9.17) is 27.9 Å².